The molecule has 1 saturated heterocycles. The molecule has 1 aliphatic heterocycles. The van der Waals surface area contributed by atoms with Gasteiger partial charge in [0.05, 0.1) is 16.8 Å². The van der Waals surface area contributed by atoms with Crippen molar-refractivity contribution in [1.29, 1.82) is 0 Å². The van der Waals surface area contributed by atoms with Crippen LogP contribution in [-0.4, -0.2) is 34.2 Å². The Morgan fingerprint density at radius 3 is 2.28 bits per heavy atom. The lowest BCUT2D eigenvalue weighted by Crippen LogP contribution is -2.41. The number of carbonyl (C=O) groups excluding carboxylic acids is 1. The van der Waals surface area contributed by atoms with Crippen molar-refractivity contribution in [3.63, 3.8) is 0 Å². The SMILES string of the molecule is Cc1ccc(B2OC(C)(C)C(C)(C)O2)c(NC(=O)c2cncnc2)c1. The fourth-order valence-corrected chi connectivity index (χ4v) is 2.56. The van der Waals surface area contributed by atoms with E-state index >= 15 is 0 Å². The van der Waals surface area contributed by atoms with Crippen LogP contribution in [-0.2, 0) is 9.31 Å². The largest absolute Gasteiger partial charge is 0.496 e. The highest BCUT2D eigenvalue weighted by atomic mass is 16.7. The number of aromatic nitrogens is 2. The Balaban J connectivity index is 1.91. The maximum absolute atomic E-state index is 12.5. The van der Waals surface area contributed by atoms with Crippen molar-refractivity contribution < 1.29 is 14.1 Å². The minimum atomic E-state index is -0.548. The second kappa shape index (κ2) is 6.24. The molecule has 25 heavy (non-hydrogen) atoms. The first-order valence-electron chi connectivity index (χ1n) is 8.22. The van der Waals surface area contributed by atoms with Crippen LogP contribution in [0.1, 0.15) is 43.6 Å². The third-order valence-corrected chi connectivity index (χ3v) is 4.79. The van der Waals surface area contributed by atoms with Gasteiger partial charge in [-0.3, -0.25) is 4.79 Å². The minimum Gasteiger partial charge on any atom is -0.399 e. The van der Waals surface area contributed by atoms with Crippen LogP contribution in [0.4, 0.5) is 5.69 Å². The van der Waals surface area contributed by atoms with Crippen molar-refractivity contribution in [3.8, 4) is 0 Å². The van der Waals surface area contributed by atoms with Crippen LogP contribution in [0.2, 0.25) is 0 Å². The molecule has 2 heterocycles. The number of hydrogen-bond acceptors (Lipinski definition) is 5. The quantitative estimate of drug-likeness (QED) is 0.869. The van der Waals surface area contributed by atoms with Crippen LogP contribution in [0.25, 0.3) is 0 Å². The monoisotopic (exact) mass is 339 g/mol. The highest BCUT2D eigenvalue weighted by molar-refractivity contribution is 6.64. The number of carbonyl (C=O) groups is 1. The topological polar surface area (TPSA) is 73.3 Å². The molecule has 0 atom stereocenters. The smallest absolute Gasteiger partial charge is 0.399 e. The van der Waals surface area contributed by atoms with Gasteiger partial charge in [-0.25, -0.2) is 9.97 Å². The zero-order chi connectivity index (χ0) is 18.2. The van der Waals surface area contributed by atoms with Crippen molar-refractivity contribution in [2.45, 2.75) is 45.8 Å². The summed E-state index contributed by atoms with van der Waals surface area (Å²) in [5.74, 6) is -0.274. The molecule has 0 unspecified atom stereocenters. The molecule has 1 aliphatic rings. The van der Waals surface area contributed by atoms with Crippen LogP contribution >= 0.6 is 0 Å². The number of anilines is 1. The Kier molecular flexibility index (Phi) is 4.39. The van der Waals surface area contributed by atoms with Crippen molar-refractivity contribution >= 4 is 24.2 Å². The van der Waals surface area contributed by atoms with E-state index in [-0.39, 0.29) is 5.91 Å². The second-order valence-electron chi connectivity index (χ2n) is 7.26. The highest BCUT2D eigenvalue weighted by Crippen LogP contribution is 2.37. The lowest BCUT2D eigenvalue weighted by atomic mass is 9.77. The number of rotatable bonds is 3. The molecule has 7 heteroatoms. The molecule has 0 radical (unpaired) electrons. The van der Waals surface area contributed by atoms with Gasteiger partial charge in [-0.2, -0.15) is 0 Å². The van der Waals surface area contributed by atoms with Crippen molar-refractivity contribution in [3.05, 3.63) is 48.0 Å². The summed E-state index contributed by atoms with van der Waals surface area (Å²) in [6.07, 6.45) is 4.35. The van der Waals surface area contributed by atoms with Crippen molar-refractivity contribution in [1.82, 2.24) is 9.97 Å². The van der Waals surface area contributed by atoms with Gasteiger partial charge < -0.3 is 14.6 Å². The Hall–Kier alpha value is -2.25. The lowest BCUT2D eigenvalue weighted by molar-refractivity contribution is 0.00578. The first-order valence-corrected chi connectivity index (χ1v) is 8.22. The molecule has 0 bridgehead atoms. The fraction of sp³-hybridized carbons (Fsp3) is 0.389. The van der Waals surface area contributed by atoms with Gasteiger partial charge in [-0.1, -0.05) is 12.1 Å². The van der Waals surface area contributed by atoms with E-state index in [1.54, 1.807) is 0 Å². The molecular weight excluding hydrogens is 317 g/mol. The normalized spacial score (nSPS) is 18.2. The standard InChI is InChI=1S/C18H22BN3O3/c1-12-6-7-14(19-24-17(2,3)18(4,5)25-19)15(8-12)22-16(23)13-9-20-11-21-10-13/h6-11H,1-5H3,(H,22,23). The van der Waals surface area contributed by atoms with Gasteiger partial charge in [0.15, 0.2) is 0 Å². The van der Waals surface area contributed by atoms with E-state index in [0.717, 1.165) is 11.0 Å². The minimum absolute atomic E-state index is 0.274. The predicted octanol–water partition coefficient (Wildman–Crippen LogP) is 2.34. The van der Waals surface area contributed by atoms with Gasteiger partial charge in [0.1, 0.15) is 6.33 Å². The number of hydrogen-bond donors (Lipinski definition) is 1. The number of nitrogens with zero attached hydrogens (tertiary/aromatic N) is 2. The zero-order valence-corrected chi connectivity index (χ0v) is 15.2. The second-order valence-corrected chi connectivity index (χ2v) is 7.26. The molecule has 3 rings (SSSR count). The van der Waals surface area contributed by atoms with Gasteiger partial charge in [0.25, 0.3) is 5.91 Å². The summed E-state index contributed by atoms with van der Waals surface area (Å²) in [7, 11) is -0.548. The number of aryl methyl sites for hydroxylation is 1. The first-order chi connectivity index (χ1) is 11.7. The molecule has 0 aliphatic carbocycles. The van der Waals surface area contributed by atoms with E-state index in [1.165, 1.54) is 18.7 Å². The molecule has 0 spiro atoms. The summed E-state index contributed by atoms with van der Waals surface area (Å²) in [5.41, 5.74) is 1.97. The van der Waals surface area contributed by atoms with E-state index in [0.29, 0.717) is 11.3 Å². The third-order valence-electron chi connectivity index (χ3n) is 4.79. The Labute approximate surface area is 148 Å². The van der Waals surface area contributed by atoms with Gasteiger partial charge in [0.2, 0.25) is 0 Å². The summed E-state index contributed by atoms with van der Waals surface area (Å²) in [5, 5.41) is 2.92. The molecule has 2 aromatic rings. The molecule has 130 valence electrons. The zero-order valence-electron chi connectivity index (χ0n) is 15.2. The molecule has 1 aromatic carbocycles. The molecule has 6 nitrogen and oxygen atoms in total. The number of amides is 1. The summed E-state index contributed by atoms with van der Waals surface area (Å²) in [6, 6.07) is 5.80. The summed E-state index contributed by atoms with van der Waals surface area (Å²) in [6.45, 7) is 9.97. The molecule has 1 fully saturated rings. The van der Waals surface area contributed by atoms with Crippen LogP contribution in [0.3, 0.4) is 0 Å². The van der Waals surface area contributed by atoms with E-state index in [1.807, 2.05) is 52.8 Å². The average Bonchev–Trinajstić information content (AvgIpc) is 2.76. The molecular formula is C18H22BN3O3. The maximum Gasteiger partial charge on any atom is 0.496 e. The average molecular weight is 339 g/mol. The van der Waals surface area contributed by atoms with E-state index in [4.69, 9.17) is 9.31 Å². The van der Waals surface area contributed by atoms with Crippen LogP contribution in [0.15, 0.2) is 36.9 Å². The van der Waals surface area contributed by atoms with E-state index in [9.17, 15) is 4.79 Å². The lowest BCUT2D eigenvalue weighted by Gasteiger charge is -2.32. The van der Waals surface area contributed by atoms with Crippen LogP contribution < -0.4 is 10.8 Å². The maximum atomic E-state index is 12.5. The van der Waals surface area contributed by atoms with Gasteiger partial charge in [0, 0.05) is 23.5 Å². The Morgan fingerprint density at radius 1 is 1.08 bits per heavy atom. The summed E-state index contributed by atoms with van der Waals surface area (Å²) < 4.78 is 12.2. The van der Waals surface area contributed by atoms with Gasteiger partial charge in [-0.15, -0.1) is 0 Å². The molecule has 1 aromatic heterocycles. The number of benzene rings is 1. The van der Waals surface area contributed by atoms with Crippen LogP contribution in [0, 0.1) is 6.92 Å². The third kappa shape index (κ3) is 3.43. The number of nitrogens with one attached hydrogen (secondary N) is 1. The van der Waals surface area contributed by atoms with Gasteiger partial charge in [-0.05, 0) is 46.2 Å². The Morgan fingerprint density at radius 2 is 1.68 bits per heavy atom. The predicted molar refractivity (Wildman–Crippen MR) is 96.9 cm³/mol. The van der Waals surface area contributed by atoms with E-state index in [2.05, 4.69) is 15.3 Å². The van der Waals surface area contributed by atoms with E-state index < -0.39 is 18.3 Å². The van der Waals surface area contributed by atoms with Crippen LogP contribution in [0.5, 0.6) is 0 Å². The summed E-state index contributed by atoms with van der Waals surface area (Å²) in [4.78, 5) is 20.2. The van der Waals surface area contributed by atoms with Crippen molar-refractivity contribution in [2.75, 3.05) is 5.32 Å². The highest BCUT2D eigenvalue weighted by Gasteiger charge is 2.52. The fourth-order valence-electron chi connectivity index (χ4n) is 2.56. The molecule has 1 amide bonds. The first kappa shape index (κ1) is 17.6. The van der Waals surface area contributed by atoms with Gasteiger partial charge >= 0.3 is 7.12 Å². The Bertz CT molecular complexity index is 777. The van der Waals surface area contributed by atoms with Crippen molar-refractivity contribution in [2.24, 2.45) is 0 Å². The molecule has 0 saturated carbocycles. The molecule has 1 N–H and O–H groups in total. The summed E-state index contributed by atoms with van der Waals surface area (Å²) >= 11 is 0.